The standard InChI is InChI=1S/C60H51N/c1-59(2)53-18-12-11-17-50(53)58-57(59)51-32-28-44(37-55(51)61(58)47-15-9-6-10-16-47)42-25-21-39(22-26-42)34-46(33-38-19-23-41(24-20-38)40-13-7-5-8-14-40)43-27-30-48-49-31-29-45-35-52(45)56(49)60(3,4)54(48)36-43/h5-32,36-37,45-46,52H,33-35H2,1-4H3. The lowest BCUT2D eigenvalue weighted by atomic mass is 9.76. The fraction of sp³-hybridized carbons (Fsp3) is 0.200. The third kappa shape index (κ3) is 5.74. The zero-order valence-corrected chi connectivity index (χ0v) is 35.6. The van der Waals surface area contributed by atoms with E-state index in [1.54, 1.807) is 5.57 Å². The van der Waals surface area contributed by atoms with Gasteiger partial charge in [-0.3, -0.25) is 0 Å². The smallest absolute Gasteiger partial charge is 0.0584 e. The van der Waals surface area contributed by atoms with Gasteiger partial charge < -0.3 is 4.57 Å². The number of allylic oxidation sites excluding steroid dienone is 4. The summed E-state index contributed by atoms with van der Waals surface area (Å²) in [6.07, 6.45) is 8.20. The number of nitrogens with zero attached hydrogens (tertiary/aromatic N) is 1. The molecule has 1 fully saturated rings. The number of para-hydroxylation sites is 1. The molecular weight excluding hydrogens is 735 g/mol. The van der Waals surface area contributed by atoms with Crippen LogP contribution in [0.2, 0.25) is 0 Å². The molecule has 0 bridgehead atoms. The molecular formula is C60H51N. The van der Waals surface area contributed by atoms with Crippen molar-refractivity contribution in [1.29, 1.82) is 0 Å². The Balaban J connectivity index is 0.897. The van der Waals surface area contributed by atoms with Crippen molar-refractivity contribution in [2.45, 2.75) is 63.7 Å². The summed E-state index contributed by atoms with van der Waals surface area (Å²) in [6.45, 7) is 9.73. The lowest BCUT2D eigenvalue weighted by Crippen LogP contribution is -2.20. The number of hydrogen-bond acceptors (Lipinski definition) is 0. The summed E-state index contributed by atoms with van der Waals surface area (Å²) in [6, 6.07) is 64.1. The van der Waals surface area contributed by atoms with E-state index in [0.29, 0.717) is 5.92 Å². The molecule has 61 heavy (non-hydrogen) atoms. The van der Waals surface area contributed by atoms with Crippen LogP contribution in [0.25, 0.3) is 55.7 Å². The molecule has 3 atom stereocenters. The van der Waals surface area contributed by atoms with Gasteiger partial charge in [0.1, 0.15) is 0 Å². The molecule has 1 aromatic heterocycles. The van der Waals surface area contributed by atoms with Crippen LogP contribution in [0.1, 0.15) is 79.0 Å². The molecule has 0 amide bonds. The predicted molar refractivity (Wildman–Crippen MR) is 255 cm³/mol. The number of benzene rings is 7. The van der Waals surface area contributed by atoms with Crippen LogP contribution in [0, 0.1) is 11.8 Å². The minimum absolute atomic E-state index is 0.0646. The van der Waals surface area contributed by atoms with Crippen molar-refractivity contribution >= 4 is 16.5 Å². The van der Waals surface area contributed by atoms with E-state index in [1.807, 2.05) is 0 Å². The summed E-state index contributed by atoms with van der Waals surface area (Å²) in [4.78, 5) is 0. The highest BCUT2D eigenvalue weighted by Crippen LogP contribution is 2.61. The highest BCUT2D eigenvalue weighted by atomic mass is 15.0. The van der Waals surface area contributed by atoms with Gasteiger partial charge in [0.2, 0.25) is 0 Å². The lowest BCUT2D eigenvalue weighted by Gasteiger charge is -2.27. The van der Waals surface area contributed by atoms with Crippen LogP contribution in [0.15, 0.2) is 188 Å². The van der Waals surface area contributed by atoms with Crippen LogP contribution in [-0.4, -0.2) is 4.57 Å². The zero-order valence-electron chi connectivity index (χ0n) is 35.6. The Labute approximate surface area is 360 Å². The van der Waals surface area contributed by atoms with Gasteiger partial charge in [-0.15, -0.1) is 0 Å². The van der Waals surface area contributed by atoms with E-state index in [1.165, 1.54) is 101 Å². The number of hydrogen-bond donors (Lipinski definition) is 0. The fourth-order valence-corrected chi connectivity index (χ4v) is 11.8. The van der Waals surface area contributed by atoms with E-state index >= 15 is 0 Å². The predicted octanol–water partition coefficient (Wildman–Crippen LogP) is 15.1. The number of rotatable bonds is 8. The Morgan fingerprint density at radius 3 is 1.90 bits per heavy atom. The van der Waals surface area contributed by atoms with Crippen molar-refractivity contribution in [3.63, 3.8) is 0 Å². The van der Waals surface area contributed by atoms with Gasteiger partial charge in [0.25, 0.3) is 0 Å². The van der Waals surface area contributed by atoms with Crippen molar-refractivity contribution in [2.24, 2.45) is 11.8 Å². The maximum atomic E-state index is 2.59. The van der Waals surface area contributed by atoms with Crippen molar-refractivity contribution in [3.8, 4) is 39.2 Å². The van der Waals surface area contributed by atoms with Crippen LogP contribution < -0.4 is 0 Å². The first-order valence-electron chi connectivity index (χ1n) is 22.4. The third-order valence-electron chi connectivity index (χ3n) is 14.9. The summed E-state index contributed by atoms with van der Waals surface area (Å²) < 4.78 is 2.51. The highest BCUT2D eigenvalue weighted by Gasteiger charge is 2.50. The van der Waals surface area contributed by atoms with Crippen molar-refractivity contribution in [3.05, 3.63) is 227 Å². The number of fused-ring (bicyclic) bond motifs is 9. The first-order valence-corrected chi connectivity index (χ1v) is 22.4. The first kappa shape index (κ1) is 36.4. The van der Waals surface area contributed by atoms with Crippen molar-refractivity contribution in [2.75, 3.05) is 0 Å². The van der Waals surface area contributed by atoms with E-state index < -0.39 is 0 Å². The molecule has 0 spiro atoms. The molecule has 3 unspecified atom stereocenters. The Morgan fingerprint density at radius 2 is 1.18 bits per heavy atom. The van der Waals surface area contributed by atoms with Crippen LogP contribution in [-0.2, 0) is 23.7 Å². The SMILES string of the molecule is CC1(C)C2=C(C=CC3CC23)c2ccc(C(Cc3ccc(-c4ccccc4)cc3)Cc3ccc(-c4ccc5c6c(n(-c7ccccc7)c5c4)-c4ccccc4C6(C)C)cc3)cc21. The van der Waals surface area contributed by atoms with Gasteiger partial charge >= 0.3 is 0 Å². The van der Waals surface area contributed by atoms with E-state index in [2.05, 4.69) is 214 Å². The highest BCUT2D eigenvalue weighted by molar-refractivity contribution is 6.01. The molecule has 4 aliphatic carbocycles. The molecule has 0 aliphatic heterocycles. The largest absolute Gasteiger partial charge is 0.309 e. The summed E-state index contributed by atoms with van der Waals surface area (Å²) in [7, 11) is 0. The van der Waals surface area contributed by atoms with Gasteiger partial charge in [-0.25, -0.2) is 0 Å². The molecule has 1 heterocycles. The van der Waals surface area contributed by atoms with Gasteiger partial charge in [-0.1, -0.05) is 192 Å². The van der Waals surface area contributed by atoms with E-state index in [0.717, 1.165) is 24.7 Å². The Hall–Kier alpha value is -6.44. The summed E-state index contributed by atoms with van der Waals surface area (Å²) in [5.74, 6) is 1.83. The molecule has 0 radical (unpaired) electrons. The van der Waals surface area contributed by atoms with Crippen LogP contribution in [0.5, 0.6) is 0 Å². The summed E-state index contributed by atoms with van der Waals surface area (Å²) in [5.41, 5.74) is 23.3. The number of aromatic nitrogens is 1. The molecule has 4 aliphatic rings. The van der Waals surface area contributed by atoms with Gasteiger partial charge in [0.05, 0.1) is 11.2 Å². The second kappa shape index (κ2) is 13.5. The molecule has 1 saturated carbocycles. The van der Waals surface area contributed by atoms with E-state index in [4.69, 9.17) is 0 Å². The van der Waals surface area contributed by atoms with E-state index in [-0.39, 0.29) is 10.8 Å². The lowest BCUT2D eigenvalue weighted by molar-refractivity contribution is 0.588. The summed E-state index contributed by atoms with van der Waals surface area (Å²) in [5, 5.41) is 1.33. The second-order valence-corrected chi connectivity index (χ2v) is 19.3. The van der Waals surface area contributed by atoms with Gasteiger partial charge in [-0.05, 0) is 128 Å². The molecule has 0 saturated heterocycles. The zero-order chi connectivity index (χ0) is 41.0. The third-order valence-corrected chi connectivity index (χ3v) is 14.9. The molecule has 7 aromatic carbocycles. The van der Waals surface area contributed by atoms with Gasteiger partial charge in [0, 0.05) is 27.5 Å². The van der Waals surface area contributed by atoms with Crippen LogP contribution in [0.3, 0.4) is 0 Å². The maximum absolute atomic E-state index is 2.59. The van der Waals surface area contributed by atoms with Gasteiger partial charge in [0.15, 0.2) is 0 Å². The second-order valence-electron chi connectivity index (χ2n) is 19.3. The monoisotopic (exact) mass is 785 g/mol. The Bertz CT molecular complexity index is 3080. The molecule has 8 aromatic rings. The Morgan fingerprint density at radius 1 is 0.557 bits per heavy atom. The molecule has 1 nitrogen and oxygen atoms in total. The maximum Gasteiger partial charge on any atom is 0.0584 e. The molecule has 12 rings (SSSR count). The van der Waals surface area contributed by atoms with Gasteiger partial charge in [-0.2, -0.15) is 0 Å². The quantitative estimate of drug-likeness (QED) is 0.145. The molecule has 296 valence electrons. The minimum atomic E-state index is -0.0876. The summed E-state index contributed by atoms with van der Waals surface area (Å²) >= 11 is 0. The van der Waals surface area contributed by atoms with Crippen molar-refractivity contribution in [1.82, 2.24) is 4.57 Å². The van der Waals surface area contributed by atoms with E-state index in [9.17, 15) is 0 Å². The molecule has 1 heteroatoms. The average molecular weight is 786 g/mol. The first-order chi connectivity index (χ1) is 29.7. The minimum Gasteiger partial charge on any atom is -0.309 e. The van der Waals surface area contributed by atoms with Crippen LogP contribution >= 0.6 is 0 Å². The average Bonchev–Trinajstić information content (AvgIpc) is 3.88. The topological polar surface area (TPSA) is 4.93 Å². The Kier molecular flexibility index (Phi) is 8.08. The fourth-order valence-electron chi connectivity index (χ4n) is 11.8. The normalized spacial score (nSPS) is 19.0. The van der Waals surface area contributed by atoms with Crippen LogP contribution in [0.4, 0.5) is 0 Å². The molecule has 0 N–H and O–H groups in total. The van der Waals surface area contributed by atoms with Crippen molar-refractivity contribution < 1.29 is 0 Å².